The summed E-state index contributed by atoms with van der Waals surface area (Å²) in [6.45, 7) is 6.18. The summed E-state index contributed by atoms with van der Waals surface area (Å²) in [7, 11) is 0. The molecule has 2 aromatic carbocycles. The van der Waals surface area contributed by atoms with Gasteiger partial charge in [-0.1, -0.05) is 35.4 Å². The fraction of sp³-hybridized carbons (Fsp3) is 0.222. The van der Waals surface area contributed by atoms with E-state index in [0.29, 0.717) is 0 Å². The highest BCUT2D eigenvalue weighted by molar-refractivity contribution is 5.95. The van der Waals surface area contributed by atoms with Gasteiger partial charge in [-0.2, -0.15) is 0 Å². The standard InChI is InChI=1S/C18H20N2/c1-14-4-8-17(9-5-14)19-13-12-16(3)20-18-10-6-15(2)7-11-18/h4-11,13H,12H2,1-3H3. The fourth-order valence-electron chi connectivity index (χ4n) is 1.80. The molecule has 2 rings (SSSR count). The monoisotopic (exact) mass is 264 g/mol. The number of rotatable bonds is 4. The summed E-state index contributed by atoms with van der Waals surface area (Å²) in [6, 6.07) is 16.4. The normalized spacial score (nSPS) is 12.1. The van der Waals surface area contributed by atoms with Gasteiger partial charge in [-0.3, -0.25) is 9.98 Å². The molecule has 0 saturated carbocycles. The number of benzene rings is 2. The van der Waals surface area contributed by atoms with Crippen LogP contribution >= 0.6 is 0 Å². The molecule has 2 heteroatoms. The molecule has 0 spiro atoms. The van der Waals surface area contributed by atoms with E-state index in [9.17, 15) is 0 Å². The molecule has 0 aliphatic carbocycles. The number of aliphatic imine (C=N–C) groups is 2. The van der Waals surface area contributed by atoms with Crippen molar-refractivity contribution in [1.82, 2.24) is 0 Å². The van der Waals surface area contributed by atoms with Crippen molar-refractivity contribution in [2.24, 2.45) is 9.98 Å². The van der Waals surface area contributed by atoms with E-state index in [1.54, 1.807) is 0 Å². The highest BCUT2D eigenvalue weighted by Crippen LogP contribution is 2.14. The zero-order valence-electron chi connectivity index (χ0n) is 12.3. The smallest absolute Gasteiger partial charge is 0.0629 e. The van der Waals surface area contributed by atoms with Gasteiger partial charge >= 0.3 is 0 Å². The fourth-order valence-corrected chi connectivity index (χ4v) is 1.80. The van der Waals surface area contributed by atoms with E-state index >= 15 is 0 Å². The maximum Gasteiger partial charge on any atom is 0.0629 e. The van der Waals surface area contributed by atoms with Crippen LogP contribution in [0.15, 0.2) is 58.5 Å². The summed E-state index contributed by atoms with van der Waals surface area (Å²) in [6.07, 6.45) is 2.68. The van der Waals surface area contributed by atoms with Gasteiger partial charge in [0.2, 0.25) is 0 Å². The zero-order chi connectivity index (χ0) is 14.4. The van der Waals surface area contributed by atoms with Crippen molar-refractivity contribution in [2.45, 2.75) is 27.2 Å². The maximum atomic E-state index is 4.57. The molecule has 102 valence electrons. The lowest BCUT2D eigenvalue weighted by Crippen LogP contribution is -1.91. The Morgan fingerprint density at radius 3 is 1.90 bits per heavy atom. The maximum absolute atomic E-state index is 4.57. The van der Waals surface area contributed by atoms with Crippen LogP contribution < -0.4 is 0 Å². The van der Waals surface area contributed by atoms with Crippen LogP contribution in [0, 0.1) is 13.8 Å². The van der Waals surface area contributed by atoms with Crippen LogP contribution in [0.1, 0.15) is 24.5 Å². The second kappa shape index (κ2) is 6.80. The highest BCUT2D eigenvalue weighted by Gasteiger charge is 1.92. The summed E-state index contributed by atoms with van der Waals surface area (Å²) in [5.74, 6) is 0. The first kappa shape index (κ1) is 14.2. The lowest BCUT2D eigenvalue weighted by atomic mass is 10.2. The summed E-state index contributed by atoms with van der Waals surface area (Å²) in [4.78, 5) is 9.01. The molecule has 0 saturated heterocycles. The van der Waals surface area contributed by atoms with Crippen LogP contribution in [0.2, 0.25) is 0 Å². The van der Waals surface area contributed by atoms with E-state index in [2.05, 4.69) is 48.1 Å². The predicted octanol–water partition coefficient (Wildman–Crippen LogP) is 5.19. The van der Waals surface area contributed by atoms with Gasteiger partial charge in [-0.15, -0.1) is 0 Å². The molecule has 0 aliphatic rings. The Hall–Kier alpha value is -2.22. The topological polar surface area (TPSA) is 24.7 Å². The Labute approximate surface area is 120 Å². The summed E-state index contributed by atoms with van der Waals surface area (Å²) in [5, 5.41) is 0. The van der Waals surface area contributed by atoms with Gasteiger partial charge in [0.15, 0.2) is 0 Å². The van der Waals surface area contributed by atoms with E-state index < -0.39 is 0 Å². The van der Waals surface area contributed by atoms with Gasteiger partial charge in [-0.05, 0) is 45.0 Å². The molecule has 0 heterocycles. The molecule has 2 nitrogen and oxygen atoms in total. The number of hydrogen-bond acceptors (Lipinski definition) is 2. The van der Waals surface area contributed by atoms with Crippen LogP contribution in [-0.2, 0) is 0 Å². The number of aryl methyl sites for hydroxylation is 2. The van der Waals surface area contributed by atoms with Crippen molar-refractivity contribution in [3.63, 3.8) is 0 Å². The molecule has 0 amide bonds. The van der Waals surface area contributed by atoms with Crippen molar-refractivity contribution < 1.29 is 0 Å². The van der Waals surface area contributed by atoms with E-state index in [0.717, 1.165) is 23.5 Å². The van der Waals surface area contributed by atoms with Gasteiger partial charge < -0.3 is 0 Å². The lowest BCUT2D eigenvalue weighted by molar-refractivity contribution is 1.39. The predicted molar refractivity (Wildman–Crippen MR) is 87.9 cm³/mol. The summed E-state index contributed by atoms with van der Waals surface area (Å²) < 4.78 is 0. The van der Waals surface area contributed by atoms with Crippen molar-refractivity contribution in [1.29, 1.82) is 0 Å². The van der Waals surface area contributed by atoms with Crippen LogP contribution in [0.5, 0.6) is 0 Å². The Balaban J connectivity index is 1.96. The molecule has 0 unspecified atom stereocenters. The van der Waals surface area contributed by atoms with Gasteiger partial charge in [0.05, 0.1) is 11.4 Å². The zero-order valence-corrected chi connectivity index (χ0v) is 12.3. The van der Waals surface area contributed by atoms with Gasteiger partial charge in [0.1, 0.15) is 0 Å². The summed E-state index contributed by atoms with van der Waals surface area (Å²) >= 11 is 0. The molecule has 0 aliphatic heterocycles. The van der Waals surface area contributed by atoms with Crippen molar-refractivity contribution >= 4 is 23.3 Å². The van der Waals surface area contributed by atoms with Gasteiger partial charge in [0, 0.05) is 18.3 Å². The molecule has 2 aromatic rings. The second-order valence-corrected chi connectivity index (χ2v) is 5.03. The lowest BCUT2D eigenvalue weighted by Gasteiger charge is -1.98. The Kier molecular flexibility index (Phi) is 4.83. The Morgan fingerprint density at radius 2 is 1.35 bits per heavy atom. The molecule has 0 bridgehead atoms. The minimum atomic E-state index is 0.766. The number of nitrogens with zero attached hydrogens (tertiary/aromatic N) is 2. The molecular formula is C18H20N2. The first-order valence-electron chi connectivity index (χ1n) is 6.83. The number of hydrogen-bond donors (Lipinski definition) is 0. The van der Waals surface area contributed by atoms with Gasteiger partial charge in [-0.25, -0.2) is 0 Å². The third-order valence-corrected chi connectivity index (χ3v) is 3.01. The molecule has 0 atom stereocenters. The summed E-state index contributed by atoms with van der Waals surface area (Å²) in [5.41, 5.74) is 5.55. The van der Waals surface area contributed by atoms with E-state index in [4.69, 9.17) is 0 Å². The second-order valence-electron chi connectivity index (χ2n) is 5.03. The first-order chi connectivity index (χ1) is 9.63. The van der Waals surface area contributed by atoms with E-state index in [1.165, 1.54) is 11.1 Å². The molecule has 20 heavy (non-hydrogen) atoms. The van der Waals surface area contributed by atoms with Crippen molar-refractivity contribution in [3.8, 4) is 0 Å². The molecule has 0 aromatic heterocycles. The third-order valence-electron chi connectivity index (χ3n) is 3.01. The average Bonchev–Trinajstić information content (AvgIpc) is 2.44. The Bertz CT molecular complexity index is 605. The quantitative estimate of drug-likeness (QED) is 0.679. The van der Waals surface area contributed by atoms with E-state index in [1.807, 2.05) is 37.4 Å². The molecule has 0 N–H and O–H groups in total. The largest absolute Gasteiger partial charge is 0.261 e. The minimum Gasteiger partial charge on any atom is -0.261 e. The molecule has 0 fully saturated rings. The Morgan fingerprint density at radius 1 is 0.850 bits per heavy atom. The SMILES string of the molecule is CC(CC=Nc1ccc(C)cc1)=Nc1ccc(C)cc1. The molecule has 0 radical (unpaired) electrons. The van der Waals surface area contributed by atoms with Crippen LogP contribution in [0.4, 0.5) is 11.4 Å². The average molecular weight is 264 g/mol. The molecular weight excluding hydrogens is 244 g/mol. The van der Waals surface area contributed by atoms with Crippen molar-refractivity contribution in [2.75, 3.05) is 0 Å². The van der Waals surface area contributed by atoms with Crippen molar-refractivity contribution in [3.05, 3.63) is 59.7 Å². The van der Waals surface area contributed by atoms with Crippen LogP contribution in [-0.4, -0.2) is 11.9 Å². The van der Waals surface area contributed by atoms with E-state index in [-0.39, 0.29) is 0 Å². The van der Waals surface area contributed by atoms with Gasteiger partial charge in [0.25, 0.3) is 0 Å². The minimum absolute atomic E-state index is 0.766. The first-order valence-corrected chi connectivity index (χ1v) is 6.83. The third kappa shape index (κ3) is 4.47. The highest BCUT2D eigenvalue weighted by atomic mass is 14.8. The van der Waals surface area contributed by atoms with Crippen LogP contribution in [0.25, 0.3) is 0 Å². The van der Waals surface area contributed by atoms with Crippen LogP contribution in [0.3, 0.4) is 0 Å².